The molecule has 2 heteroatoms. The summed E-state index contributed by atoms with van der Waals surface area (Å²) in [4.78, 5) is 5.12. The molecule has 200 valence electrons. The molecule has 2 aromatic heterocycles. The number of hydrogen-bond donors (Lipinski definition) is 0. The van der Waals surface area contributed by atoms with Crippen LogP contribution in [0.3, 0.4) is 0 Å². The SMILES string of the molecule is c1ccc(-c2cc(-c3cccc4c3sc3cc5c6ccccc6c6ccccc6c5cc34)cc(-c3ccccc3)n2)cc1. The second kappa shape index (κ2) is 9.62. The van der Waals surface area contributed by atoms with Gasteiger partial charge >= 0.3 is 0 Å². The lowest BCUT2D eigenvalue weighted by molar-refractivity contribution is 1.32. The summed E-state index contributed by atoms with van der Waals surface area (Å²) in [6.07, 6.45) is 0. The molecule has 0 unspecified atom stereocenters. The quantitative estimate of drug-likeness (QED) is 0.195. The first-order valence-electron chi connectivity index (χ1n) is 14.6. The number of rotatable bonds is 3. The van der Waals surface area contributed by atoms with Crippen molar-refractivity contribution in [1.82, 2.24) is 4.98 Å². The van der Waals surface area contributed by atoms with E-state index in [1.54, 1.807) is 0 Å². The first kappa shape index (κ1) is 24.3. The minimum Gasteiger partial charge on any atom is -0.248 e. The predicted molar refractivity (Wildman–Crippen MR) is 186 cm³/mol. The lowest BCUT2D eigenvalue weighted by Crippen LogP contribution is -1.91. The molecule has 7 aromatic carbocycles. The summed E-state index contributed by atoms with van der Waals surface area (Å²) in [6, 6.07) is 54.7. The van der Waals surface area contributed by atoms with Gasteiger partial charge in [-0.25, -0.2) is 4.98 Å². The molecule has 0 aliphatic carbocycles. The van der Waals surface area contributed by atoms with Crippen molar-refractivity contribution in [2.45, 2.75) is 0 Å². The van der Waals surface area contributed by atoms with Crippen molar-refractivity contribution in [2.24, 2.45) is 0 Å². The normalized spacial score (nSPS) is 11.7. The Morgan fingerprint density at radius 3 is 1.42 bits per heavy atom. The molecule has 0 spiro atoms. The number of thiophene rings is 1. The molecule has 2 heterocycles. The summed E-state index contributed by atoms with van der Waals surface area (Å²) in [5.74, 6) is 0. The summed E-state index contributed by atoms with van der Waals surface area (Å²) >= 11 is 1.89. The van der Waals surface area contributed by atoms with Crippen molar-refractivity contribution in [2.75, 3.05) is 0 Å². The van der Waals surface area contributed by atoms with Crippen molar-refractivity contribution >= 4 is 63.8 Å². The van der Waals surface area contributed by atoms with Gasteiger partial charge in [-0.15, -0.1) is 11.3 Å². The Labute approximate surface area is 253 Å². The zero-order valence-corrected chi connectivity index (χ0v) is 24.1. The molecule has 0 saturated carbocycles. The summed E-state index contributed by atoms with van der Waals surface area (Å²) in [6.45, 7) is 0. The van der Waals surface area contributed by atoms with Gasteiger partial charge in [0.05, 0.1) is 11.4 Å². The van der Waals surface area contributed by atoms with Crippen LogP contribution in [0.25, 0.3) is 86.1 Å². The highest BCUT2D eigenvalue weighted by Gasteiger charge is 2.16. The fourth-order valence-electron chi connectivity index (χ4n) is 6.62. The van der Waals surface area contributed by atoms with Gasteiger partial charge in [0.2, 0.25) is 0 Å². The van der Waals surface area contributed by atoms with E-state index >= 15 is 0 Å². The molecule has 43 heavy (non-hydrogen) atoms. The van der Waals surface area contributed by atoms with Crippen LogP contribution in [0.2, 0.25) is 0 Å². The molecule has 0 saturated heterocycles. The zero-order valence-electron chi connectivity index (χ0n) is 23.3. The van der Waals surface area contributed by atoms with E-state index in [1.807, 2.05) is 11.3 Å². The van der Waals surface area contributed by atoms with E-state index in [0.717, 1.165) is 22.5 Å². The van der Waals surface area contributed by atoms with Gasteiger partial charge in [0.15, 0.2) is 0 Å². The number of hydrogen-bond acceptors (Lipinski definition) is 2. The molecule has 0 N–H and O–H groups in total. The average Bonchev–Trinajstić information content (AvgIpc) is 3.46. The van der Waals surface area contributed by atoms with Gasteiger partial charge < -0.3 is 0 Å². The Morgan fingerprint density at radius 1 is 0.349 bits per heavy atom. The standard InChI is InChI=1S/C41H25NS/c1-3-12-26(13-4-1)38-22-28(23-39(42-38)27-14-5-2-6-15-27)29-20-11-21-34-37-24-35-32-18-9-7-16-30(32)31-17-8-10-19-33(31)36(35)25-40(37)43-41(29)34/h1-25H. The highest BCUT2D eigenvalue weighted by atomic mass is 32.1. The van der Waals surface area contributed by atoms with Crippen molar-refractivity contribution < 1.29 is 0 Å². The van der Waals surface area contributed by atoms with Crippen LogP contribution < -0.4 is 0 Å². The second-order valence-corrected chi connectivity index (χ2v) is 12.2. The number of fused-ring (bicyclic) bond motifs is 9. The molecule has 0 aliphatic rings. The molecule has 9 aromatic rings. The molecule has 0 fully saturated rings. The largest absolute Gasteiger partial charge is 0.248 e. The fourth-order valence-corrected chi connectivity index (χ4v) is 7.88. The summed E-state index contributed by atoms with van der Waals surface area (Å²) < 4.78 is 2.63. The average molecular weight is 564 g/mol. The smallest absolute Gasteiger partial charge is 0.0715 e. The van der Waals surface area contributed by atoms with Gasteiger partial charge in [0.25, 0.3) is 0 Å². The van der Waals surface area contributed by atoms with Crippen LogP contribution in [-0.2, 0) is 0 Å². The Morgan fingerprint density at radius 2 is 0.837 bits per heavy atom. The van der Waals surface area contributed by atoms with E-state index in [1.165, 1.54) is 63.6 Å². The van der Waals surface area contributed by atoms with Gasteiger partial charge in [-0.05, 0) is 67.7 Å². The maximum Gasteiger partial charge on any atom is 0.0715 e. The van der Waals surface area contributed by atoms with E-state index in [4.69, 9.17) is 4.98 Å². The third-order valence-corrected chi connectivity index (χ3v) is 9.84. The Bertz CT molecular complexity index is 2430. The lowest BCUT2D eigenvalue weighted by Gasteiger charge is -2.11. The molecule has 0 aliphatic heterocycles. The monoisotopic (exact) mass is 563 g/mol. The minimum absolute atomic E-state index is 0.985. The van der Waals surface area contributed by atoms with E-state index in [0.29, 0.717) is 0 Å². The predicted octanol–water partition coefficient (Wildman–Crippen LogP) is 11.9. The van der Waals surface area contributed by atoms with Gasteiger partial charge in [-0.2, -0.15) is 0 Å². The summed E-state index contributed by atoms with van der Waals surface area (Å²) in [5.41, 5.74) is 6.64. The minimum atomic E-state index is 0.985. The molecule has 1 nitrogen and oxygen atoms in total. The Hall–Kier alpha value is -5.31. The molecule has 9 rings (SSSR count). The maximum atomic E-state index is 5.12. The lowest BCUT2D eigenvalue weighted by atomic mass is 9.93. The third kappa shape index (κ3) is 3.88. The Balaban J connectivity index is 1.34. The van der Waals surface area contributed by atoms with Gasteiger partial charge in [-0.3, -0.25) is 0 Å². The van der Waals surface area contributed by atoms with Crippen LogP contribution >= 0.6 is 11.3 Å². The molecule has 0 bridgehead atoms. The van der Waals surface area contributed by atoms with Crippen LogP contribution in [-0.4, -0.2) is 4.98 Å². The van der Waals surface area contributed by atoms with Crippen molar-refractivity contribution in [3.63, 3.8) is 0 Å². The van der Waals surface area contributed by atoms with Crippen LogP contribution in [0.15, 0.2) is 152 Å². The summed E-state index contributed by atoms with van der Waals surface area (Å²) in [7, 11) is 0. The molecule has 0 amide bonds. The highest BCUT2D eigenvalue weighted by molar-refractivity contribution is 7.26. The molecule has 0 atom stereocenters. The van der Waals surface area contributed by atoms with Gasteiger partial charge in [0, 0.05) is 31.3 Å². The fraction of sp³-hybridized carbons (Fsp3) is 0. The van der Waals surface area contributed by atoms with E-state index in [9.17, 15) is 0 Å². The van der Waals surface area contributed by atoms with E-state index in [-0.39, 0.29) is 0 Å². The van der Waals surface area contributed by atoms with Crippen LogP contribution in [0.5, 0.6) is 0 Å². The van der Waals surface area contributed by atoms with Gasteiger partial charge in [0.1, 0.15) is 0 Å². The molecule has 0 radical (unpaired) electrons. The molecular weight excluding hydrogens is 539 g/mol. The van der Waals surface area contributed by atoms with E-state index < -0.39 is 0 Å². The third-order valence-electron chi connectivity index (χ3n) is 8.64. The summed E-state index contributed by atoms with van der Waals surface area (Å²) in [5, 5.41) is 10.5. The molecular formula is C41H25NS. The van der Waals surface area contributed by atoms with Crippen LogP contribution in [0.1, 0.15) is 0 Å². The number of aromatic nitrogens is 1. The number of benzene rings is 7. The van der Waals surface area contributed by atoms with Crippen molar-refractivity contribution in [3.05, 3.63) is 152 Å². The zero-order chi connectivity index (χ0) is 28.3. The number of nitrogens with zero attached hydrogens (tertiary/aromatic N) is 1. The first-order valence-corrected chi connectivity index (χ1v) is 15.5. The second-order valence-electron chi connectivity index (χ2n) is 11.1. The van der Waals surface area contributed by atoms with Crippen LogP contribution in [0.4, 0.5) is 0 Å². The van der Waals surface area contributed by atoms with Crippen LogP contribution in [0, 0.1) is 0 Å². The number of pyridine rings is 1. The van der Waals surface area contributed by atoms with E-state index in [2.05, 4.69) is 152 Å². The highest BCUT2D eigenvalue weighted by Crippen LogP contribution is 2.45. The van der Waals surface area contributed by atoms with Crippen molar-refractivity contribution in [3.8, 4) is 33.6 Å². The van der Waals surface area contributed by atoms with Gasteiger partial charge in [-0.1, -0.05) is 127 Å². The maximum absolute atomic E-state index is 5.12. The first-order chi connectivity index (χ1) is 21.3. The van der Waals surface area contributed by atoms with Crippen molar-refractivity contribution in [1.29, 1.82) is 0 Å². The topological polar surface area (TPSA) is 12.9 Å². The Kier molecular flexibility index (Phi) is 5.44.